The summed E-state index contributed by atoms with van der Waals surface area (Å²) in [7, 11) is 0. The number of nitrogens with one attached hydrogen (secondary N) is 3. The number of rotatable bonds is 8. The largest absolute Gasteiger partial charge is 0.491 e. The molecule has 0 spiro atoms. The van der Waals surface area contributed by atoms with Crippen molar-refractivity contribution in [1.82, 2.24) is 15.3 Å². The number of hydrogen-bond acceptors (Lipinski definition) is 6. The minimum atomic E-state index is -3.07. The fourth-order valence-corrected chi connectivity index (χ4v) is 4.17. The van der Waals surface area contributed by atoms with E-state index in [4.69, 9.17) is 21.1 Å². The number of aromatic amines is 1. The normalized spacial score (nSPS) is 15.5. The summed E-state index contributed by atoms with van der Waals surface area (Å²) in [5.41, 5.74) is 2.92. The van der Waals surface area contributed by atoms with E-state index in [1.807, 2.05) is 0 Å². The molecule has 0 bridgehead atoms. The van der Waals surface area contributed by atoms with Crippen LogP contribution in [0.4, 0.5) is 20.2 Å². The molecule has 2 aliphatic heterocycles. The highest BCUT2D eigenvalue weighted by Gasteiger charge is 2.29. The van der Waals surface area contributed by atoms with E-state index in [2.05, 4.69) is 25.3 Å². The number of benzene rings is 1. The maximum absolute atomic E-state index is 13.1. The third kappa shape index (κ3) is 4.38. The van der Waals surface area contributed by atoms with Crippen molar-refractivity contribution in [1.29, 1.82) is 0 Å². The molecular weight excluding hydrogens is 470 g/mol. The Kier molecular flexibility index (Phi) is 6.25. The van der Waals surface area contributed by atoms with E-state index in [9.17, 15) is 13.6 Å². The second kappa shape index (κ2) is 9.47. The van der Waals surface area contributed by atoms with Gasteiger partial charge in [0.2, 0.25) is 0 Å². The van der Waals surface area contributed by atoms with Gasteiger partial charge in [-0.15, -0.1) is 0 Å². The summed E-state index contributed by atoms with van der Waals surface area (Å²) in [5.74, 6) is 0.320. The van der Waals surface area contributed by atoms with Crippen LogP contribution in [0.5, 0.6) is 11.5 Å². The molecule has 4 heterocycles. The number of carbonyl (C=O) groups is 1. The third-order valence-electron chi connectivity index (χ3n) is 5.63. The van der Waals surface area contributed by atoms with Crippen LogP contribution in [-0.4, -0.2) is 48.9 Å². The van der Waals surface area contributed by atoms with E-state index in [0.29, 0.717) is 67.0 Å². The molecule has 1 amide bonds. The summed E-state index contributed by atoms with van der Waals surface area (Å²) in [5, 5.41) is 5.94. The van der Waals surface area contributed by atoms with Gasteiger partial charge in [0.1, 0.15) is 5.75 Å². The zero-order chi connectivity index (χ0) is 23.7. The Morgan fingerprint density at radius 1 is 1.29 bits per heavy atom. The van der Waals surface area contributed by atoms with E-state index in [1.165, 1.54) is 6.07 Å². The summed E-state index contributed by atoms with van der Waals surface area (Å²) in [6, 6.07) is 6.36. The van der Waals surface area contributed by atoms with Gasteiger partial charge in [-0.05, 0) is 18.2 Å². The Morgan fingerprint density at radius 2 is 2.15 bits per heavy atom. The highest BCUT2D eigenvalue weighted by atomic mass is 35.5. The van der Waals surface area contributed by atoms with E-state index in [-0.39, 0.29) is 22.4 Å². The molecule has 178 valence electrons. The molecule has 1 aromatic carbocycles. The first kappa shape index (κ1) is 22.4. The molecule has 0 aliphatic carbocycles. The molecule has 0 saturated carbocycles. The van der Waals surface area contributed by atoms with Crippen molar-refractivity contribution in [2.24, 2.45) is 5.92 Å². The zero-order valence-electron chi connectivity index (χ0n) is 17.9. The minimum absolute atomic E-state index is 0.0105. The summed E-state index contributed by atoms with van der Waals surface area (Å²) in [6.45, 7) is -0.853. The number of carbonyl (C=O) groups excluding carboxylic acids is 1. The molecule has 0 atom stereocenters. The van der Waals surface area contributed by atoms with Gasteiger partial charge in [0.15, 0.2) is 5.75 Å². The van der Waals surface area contributed by atoms with Crippen LogP contribution in [0.2, 0.25) is 5.02 Å². The number of halogens is 3. The van der Waals surface area contributed by atoms with Crippen molar-refractivity contribution in [3.63, 3.8) is 0 Å². The minimum Gasteiger partial charge on any atom is -0.491 e. The van der Waals surface area contributed by atoms with Gasteiger partial charge < -0.3 is 29.8 Å². The quantitative estimate of drug-likeness (QED) is 0.433. The Hall–Kier alpha value is -3.37. The highest BCUT2D eigenvalue weighted by molar-refractivity contribution is 6.32. The number of para-hydroxylation sites is 1. The number of aromatic nitrogens is 2. The van der Waals surface area contributed by atoms with Gasteiger partial charge in [-0.25, -0.2) is 0 Å². The first-order chi connectivity index (χ1) is 16.5. The first-order valence-electron chi connectivity index (χ1n) is 10.7. The number of anilines is 2. The van der Waals surface area contributed by atoms with Crippen LogP contribution in [0.1, 0.15) is 16.1 Å². The molecule has 1 saturated heterocycles. The Balaban J connectivity index is 1.59. The molecule has 34 heavy (non-hydrogen) atoms. The second-order valence-corrected chi connectivity index (χ2v) is 8.35. The van der Waals surface area contributed by atoms with Crippen molar-refractivity contribution < 1.29 is 27.8 Å². The maximum atomic E-state index is 13.1. The lowest BCUT2D eigenvalue weighted by molar-refractivity contribution is -0.0508. The van der Waals surface area contributed by atoms with E-state index in [1.54, 1.807) is 30.6 Å². The molecule has 8 nitrogen and oxygen atoms in total. The first-order valence-corrected chi connectivity index (χ1v) is 11.1. The van der Waals surface area contributed by atoms with Crippen LogP contribution in [0.3, 0.4) is 0 Å². The third-order valence-corrected chi connectivity index (χ3v) is 5.93. The summed E-state index contributed by atoms with van der Waals surface area (Å²) in [4.78, 5) is 20.3. The van der Waals surface area contributed by atoms with E-state index < -0.39 is 6.61 Å². The molecule has 2 aliphatic rings. The summed E-state index contributed by atoms with van der Waals surface area (Å²) >= 11 is 6.13. The number of amides is 1. The number of H-pyrrole nitrogens is 1. The Bertz CT molecular complexity index is 1220. The SMILES string of the molecule is O=C1NCCc2[nH]c(-c3ccncc3OCC3COC3)c(Nc3cccc(Cl)c3OC(F)F)c21. The predicted molar refractivity (Wildman–Crippen MR) is 121 cm³/mol. The molecule has 1 fully saturated rings. The van der Waals surface area contributed by atoms with Crippen LogP contribution in [0.25, 0.3) is 11.3 Å². The zero-order valence-corrected chi connectivity index (χ0v) is 18.6. The van der Waals surface area contributed by atoms with Crippen molar-refractivity contribution in [2.45, 2.75) is 13.0 Å². The molecule has 0 unspecified atom stereocenters. The number of alkyl halides is 2. The van der Waals surface area contributed by atoms with Crippen LogP contribution in [0.15, 0.2) is 36.7 Å². The summed E-state index contributed by atoms with van der Waals surface area (Å²) in [6.07, 6.45) is 3.79. The van der Waals surface area contributed by atoms with Crippen LogP contribution in [0, 0.1) is 5.92 Å². The van der Waals surface area contributed by atoms with Gasteiger partial charge in [0.25, 0.3) is 5.91 Å². The van der Waals surface area contributed by atoms with Crippen LogP contribution < -0.4 is 20.1 Å². The Labute approximate surface area is 198 Å². The lowest BCUT2D eigenvalue weighted by Gasteiger charge is -2.26. The average Bonchev–Trinajstić information content (AvgIpc) is 3.14. The number of fused-ring (bicyclic) bond motifs is 1. The number of nitrogens with zero attached hydrogens (tertiary/aromatic N) is 1. The van der Waals surface area contributed by atoms with Gasteiger partial charge in [-0.2, -0.15) is 8.78 Å². The van der Waals surface area contributed by atoms with Crippen LogP contribution in [-0.2, 0) is 11.2 Å². The molecule has 5 rings (SSSR count). The fraction of sp³-hybridized carbons (Fsp3) is 0.304. The number of hydrogen-bond donors (Lipinski definition) is 3. The average molecular weight is 491 g/mol. The fourth-order valence-electron chi connectivity index (χ4n) is 3.95. The van der Waals surface area contributed by atoms with E-state index in [0.717, 1.165) is 5.69 Å². The van der Waals surface area contributed by atoms with E-state index >= 15 is 0 Å². The number of ether oxygens (including phenoxy) is 3. The molecule has 11 heteroatoms. The highest BCUT2D eigenvalue weighted by Crippen LogP contribution is 2.43. The molecular formula is C23H21ClF2N4O4. The summed E-state index contributed by atoms with van der Waals surface area (Å²) < 4.78 is 42.0. The van der Waals surface area contributed by atoms with Crippen molar-refractivity contribution in [2.75, 3.05) is 31.7 Å². The number of pyridine rings is 1. The van der Waals surface area contributed by atoms with Gasteiger partial charge >= 0.3 is 6.61 Å². The molecule has 3 N–H and O–H groups in total. The second-order valence-electron chi connectivity index (χ2n) is 7.94. The lowest BCUT2D eigenvalue weighted by atomic mass is 10.0. The van der Waals surface area contributed by atoms with Gasteiger partial charge in [0.05, 0.1) is 53.7 Å². The van der Waals surface area contributed by atoms with Crippen molar-refractivity contribution in [3.8, 4) is 22.8 Å². The smallest absolute Gasteiger partial charge is 0.387 e. The van der Waals surface area contributed by atoms with Crippen molar-refractivity contribution in [3.05, 3.63) is 52.9 Å². The molecule has 0 radical (unpaired) electrons. The van der Waals surface area contributed by atoms with Gasteiger partial charge in [-0.3, -0.25) is 9.78 Å². The monoisotopic (exact) mass is 490 g/mol. The topological polar surface area (TPSA) is 97.5 Å². The predicted octanol–water partition coefficient (Wildman–Crippen LogP) is 4.39. The van der Waals surface area contributed by atoms with Gasteiger partial charge in [-0.1, -0.05) is 17.7 Å². The van der Waals surface area contributed by atoms with Crippen molar-refractivity contribution >= 4 is 28.9 Å². The molecule has 3 aromatic rings. The van der Waals surface area contributed by atoms with Gasteiger partial charge in [0, 0.05) is 36.3 Å². The standard InChI is InChI=1S/C23H21ClF2N4O4/c24-14-2-1-3-16(21(14)34-23(25)26)30-20-18-15(5-7-28-22(18)31)29-19(20)13-4-6-27-8-17(13)33-11-12-9-32-10-12/h1-4,6,8,12,23,29-30H,5,7,9-11H2,(H,28,31). The lowest BCUT2D eigenvalue weighted by Crippen LogP contribution is -2.32. The maximum Gasteiger partial charge on any atom is 0.387 e. The Morgan fingerprint density at radius 3 is 2.91 bits per heavy atom. The van der Waals surface area contributed by atoms with Crippen LogP contribution >= 0.6 is 11.6 Å². The molecule has 2 aromatic heterocycles.